The van der Waals surface area contributed by atoms with E-state index >= 15 is 0 Å². The van der Waals surface area contributed by atoms with Crippen molar-refractivity contribution in [2.45, 2.75) is 13.5 Å². The summed E-state index contributed by atoms with van der Waals surface area (Å²) in [6, 6.07) is 7.92. The van der Waals surface area contributed by atoms with Crippen LogP contribution in [0.4, 0.5) is 8.78 Å². The third-order valence-electron chi connectivity index (χ3n) is 4.39. The Morgan fingerprint density at radius 2 is 2.03 bits per heavy atom. The average molecular weight is 494 g/mol. The van der Waals surface area contributed by atoms with E-state index in [4.69, 9.17) is 9.84 Å². The molecule has 10 heteroatoms. The molecule has 2 aromatic carbocycles. The highest BCUT2D eigenvalue weighted by atomic mass is 79.9. The zero-order valence-electron chi connectivity index (χ0n) is 16.4. The maximum atomic E-state index is 13.8. The summed E-state index contributed by atoms with van der Waals surface area (Å²) in [6.45, 7) is 1.44. The molecule has 0 spiro atoms. The smallest absolute Gasteiger partial charge is 0.276 e. The van der Waals surface area contributed by atoms with Gasteiger partial charge in [-0.25, -0.2) is 13.8 Å². The fourth-order valence-electron chi connectivity index (χ4n) is 2.76. The molecule has 0 saturated carbocycles. The molecule has 31 heavy (non-hydrogen) atoms. The van der Waals surface area contributed by atoms with E-state index in [0.29, 0.717) is 11.3 Å². The second-order valence-corrected chi connectivity index (χ2v) is 7.34. The van der Waals surface area contributed by atoms with Gasteiger partial charge in [0.2, 0.25) is 5.88 Å². The lowest BCUT2D eigenvalue weighted by molar-refractivity contribution is 0.0944. The van der Waals surface area contributed by atoms with Gasteiger partial charge in [-0.3, -0.25) is 14.2 Å². The summed E-state index contributed by atoms with van der Waals surface area (Å²) >= 11 is 3.16. The summed E-state index contributed by atoms with van der Waals surface area (Å²) in [4.78, 5) is 29.1. The number of benzene rings is 2. The molecule has 0 atom stereocenters. The SMILES string of the molecule is Cc1ccc(C(=O)NCCO)cc1-n1cnc(OCc2ccc(F)cc2F)c(Br)c1=O. The molecule has 162 valence electrons. The first-order chi connectivity index (χ1) is 14.8. The molecule has 0 aliphatic heterocycles. The van der Waals surface area contributed by atoms with E-state index in [1.54, 1.807) is 19.1 Å². The number of amides is 1. The van der Waals surface area contributed by atoms with Gasteiger partial charge in [0, 0.05) is 23.7 Å². The van der Waals surface area contributed by atoms with Crippen LogP contribution in [0.1, 0.15) is 21.5 Å². The van der Waals surface area contributed by atoms with Crippen molar-refractivity contribution in [1.82, 2.24) is 14.9 Å². The molecule has 0 saturated heterocycles. The van der Waals surface area contributed by atoms with Crippen molar-refractivity contribution in [3.8, 4) is 11.6 Å². The zero-order valence-corrected chi connectivity index (χ0v) is 17.9. The molecule has 3 aromatic rings. The summed E-state index contributed by atoms with van der Waals surface area (Å²) in [6.07, 6.45) is 1.24. The Morgan fingerprint density at radius 1 is 1.26 bits per heavy atom. The maximum Gasteiger partial charge on any atom is 0.276 e. The fourth-order valence-corrected chi connectivity index (χ4v) is 3.16. The first kappa shape index (κ1) is 22.6. The highest BCUT2D eigenvalue weighted by Crippen LogP contribution is 2.22. The Morgan fingerprint density at radius 3 is 2.74 bits per heavy atom. The lowest BCUT2D eigenvalue weighted by Gasteiger charge is -2.13. The minimum atomic E-state index is -0.767. The summed E-state index contributed by atoms with van der Waals surface area (Å²) in [5.41, 5.74) is 1.07. The van der Waals surface area contributed by atoms with Gasteiger partial charge in [-0.1, -0.05) is 6.07 Å². The molecule has 2 N–H and O–H groups in total. The highest BCUT2D eigenvalue weighted by Gasteiger charge is 2.16. The van der Waals surface area contributed by atoms with Crippen molar-refractivity contribution in [2.75, 3.05) is 13.2 Å². The van der Waals surface area contributed by atoms with Crippen molar-refractivity contribution in [3.63, 3.8) is 0 Å². The number of aromatic nitrogens is 2. The number of aryl methyl sites for hydroxylation is 1. The summed E-state index contributed by atoms with van der Waals surface area (Å²) in [5.74, 6) is -1.92. The Balaban J connectivity index is 1.88. The van der Waals surface area contributed by atoms with Gasteiger partial charge in [0.05, 0.1) is 12.3 Å². The first-order valence-corrected chi connectivity index (χ1v) is 9.95. The average Bonchev–Trinajstić information content (AvgIpc) is 2.75. The lowest BCUT2D eigenvalue weighted by Crippen LogP contribution is -2.27. The zero-order chi connectivity index (χ0) is 22.5. The van der Waals surface area contributed by atoms with Gasteiger partial charge in [-0.2, -0.15) is 0 Å². The third-order valence-corrected chi connectivity index (χ3v) is 5.07. The number of nitrogens with one attached hydrogen (secondary N) is 1. The number of rotatable bonds is 7. The van der Waals surface area contributed by atoms with Crippen LogP contribution >= 0.6 is 15.9 Å². The van der Waals surface area contributed by atoms with Crippen LogP contribution in [0, 0.1) is 18.6 Å². The molecule has 3 rings (SSSR count). The Hall–Kier alpha value is -3.11. The number of aliphatic hydroxyl groups is 1. The van der Waals surface area contributed by atoms with E-state index in [1.165, 1.54) is 23.0 Å². The van der Waals surface area contributed by atoms with Crippen LogP contribution in [0.15, 0.2) is 52.0 Å². The molecule has 0 bridgehead atoms. The molecular formula is C21H18BrF2N3O4. The standard InChI is InChI=1S/C21H18BrF2N3O4/c1-12-2-3-13(19(29)25-6-7-28)8-17(12)27-11-26-20(18(22)21(27)30)31-10-14-4-5-15(23)9-16(14)24/h2-5,8-9,11,28H,6-7,10H2,1H3,(H,25,29). The van der Waals surface area contributed by atoms with Crippen LogP contribution in [0.3, 0.4) is 0 Å². The number of carbonyl (C=O) groups excluding carboxylic acids is 1. The Kier molecular flexibility index (Phi) is 7.13. The fraction of sp³-hybridized carbons (Fsp3) is 0.190. The number of hydrogen-bond acceptors (Lipinski definition) is 5. The molecule has 1 amide bonds. The van der Waals surface area contributed by atoms with Crippen LogP contribution in [-0.2, 0) is 6.61 Å². The van der Waals surface area contributed by atoms with Gasteiger partial charge in [0.1, 0.15) is 29.0 Å². The van der Waals surface area contributed by atoms with Gasteiger partial charge in [0.15, 0.2) is 0 Å². The predicted octanol–water partition coefficient (Wildman–Crippen LogP) is 2.88. The third kappa shape index (κ3) is 5.15. The second-order valence-electron chi connectivity index (χ2n) is 6.54. The Labute approximate surface area is 184 Å². The Bertz CT molecular complexity index is 1180. The number of aliphatic hydroxyl groups excluding tert-OH is 1. The monoisotopic (exact) mass is 493 g/mol. The van der Waals surface area contributed by atoms with E-state index in [-0.39, 0.29) is 35.7 Å². The molecular weight excluding hydrogens is 476 g/mol. The quantitative estimate of drug-likeness (QED) is 0.527. The number of hydrogen-bond donors (Lipinski definition) is 2. The van der Waals surface area contributed by atoms with E-state index < -0.39 is 23.1 Å². The molecule has 0 fully saturated rings. The van der Waals surface area contributed by atoms with E-state index in [2.05, 4.69) is 26.2 Å². The first-order valence-electron chi connectivity index (χ1n) is 9.15. The summed E-state index contributed by atoms with van der Waals surface area (Å²) in [7, 11) is 0. The van der Waals surface area contributed by atoms with Crippen molar-refractivity contribution >= 4 is 21.8 Å². The highest BCUT2D eigenvalue weighted by molar-refractivity contribution is 9.10. The summed E-state index contributed by atoms with van der Waals surface area (Å²) < 4.78 is 33.5. The van der Waals surface area contributed by atoms with E-state index in [9.17, 15) is 18.4 Å². The molecule has 1 heterocycles. The van der Waals surface area contributed by atoms with Crippen LogP contribution in [0.25, 0.3) is 5.69 Å². The molecule has 0 aliphatic rings. The normalized spacial score (nSPS) is 10.7. The lowest BCUT2D eigenvalue weighted by atomic mass is 10.1. The van der Waals surface area contributed by atoms with Crippen LogP contribution in [0.2, 0.25) is 0 Å². The number of halogens is 3. The molecule has 1 aromatic heterocycles. The van der Waals surface area contributed by atoms with Crippen molar-refractivity contribution in [3.05, 3.63) is 85.9 Å². The van der Waals surface area contributed by atoms with Crippen molar-refractivity contribution < 1.29 is 23.4 Å². The maximum absolute atomic E-state index is 13.8. The number of ether oxygens (including phenoxy) is 1. The topological polar surface area (TPSA) is 93.5 Å². The van der Waals surface area contributed by atoms with E-state index in [1.807, 2.05) is 0 Å². The molecule has 0 unspecified atom stereocenters. The van der Waals surface area contributed by atoms with Gasteiger partial charge < -0.3 is 15.2 Å². The van der Waals surface area contributed by atoms with Crippen molar-refractivity contribution in [1.29, 1.82) is 0 Å². The molecule has 0 aliphatic carbocycles. The van der Waals surface area contributed by atoms with Crippen LogP contribution in [0.5, 0.6) is 5.88 Å². The largest absolute Gasteiger partial charge is 0.472 e. The molecule has 0 radical (unpaired) electrons. The number of nitrogens with zero attached hydrogens (tertiary/aromatic N) is 2. The minimum absolute atomic E-state index is 0.00653. The molecule has 7 nitrogen and oxygen atoms in total. The van der Waals surface area contributed by atoms with Gasteiger partial charge in [-0.05, 0) is 52.7 Å². The summed E-state index contributed by atoms with van der Waals surface area (Å²) in [5, 5.41) is 11.4. The van der Waals surface area contributed by atoms with Gasteiger partial charge in [-0.15, -0.1) is 0 Å². The van der Waals surface area contributed by atoms with E-state index in [0.717, 1.165) is 17.7 Å². The predicted molar refractivity (Wildman–Crippen MR) is 112 cm³/mol. The van der Waals surface area contributed by atoms with Gasteiger partial charge in [0.25, 0.3) is 11.5 Å². The number of carbonyl (C=O) groups is 1. The van der Waals surface area contributed by atoms with Crippen LogP contribution < -0.4 is 15.6 Å². The van der Waals surface area contributed by atoms with Crippen LogP contribution in [-0.4, -0.2) is 33.7 Å². The van der Waals surface area contributed by atoms with Crippen molar-refractivity contribution in [2.24, 2.45) is 0 Å². The van der Waals surface area contributed by atoms with Gasteiger partial charge >= 0.3 is 0 Å². The second kappa shape index (κ2) is 9.80. The minimum Gasteiger partial charge on any atom is -0.472 e.